The summed E-state index contributed by atoms with van der Waals surface area (Å²) >= 11 is 3.54. The second-order valence-corrected chi connectivity index (χ2v) is 14.2. The average Bonchev–Trinajstić information content (AvgIpc) is 3.17. The van der Waals surface area contributed by atoms with Gasteiger partial charge in [-0.2, -0.15) is 0 Å². The summed E-state index contributed by atoms with van der Waals surface area (Å²) in [6.45, 7) is 1.96. The summed E-state index contributed by atoms with van der Waals surface area (Å²) in [5, 5.41) is 2.41. The van der Waals surface area contributed by atoms with Crippen LogP contribution in [0.15, 0.2) is 119 Å². The number of nitrogens with one attached hydrogen (secondary N) is 1. The van der Waals surface area contributed by atoms with Crippen molar-refractivity contribution in [1.82, 2.24) is 5.32 Å². The summed E-state index contributed by atoms with van der Waals surface area (Å²) in [5.74, 6) is -0.998. The Morgan fingerprint density at radius 1 is 0.830 bits per heavy atom. The number of rotatable bonds is 8. The zero-order valence-corrected chi connectivity index (χ0v) is 30.4. The molecule has 0 aliphatic carbocycles. The van der Waals surface area contributed by atoms with Crippen LogP contribution >= 0.6 is 15.9 Å². The van der Waals surface area contributed by atoms with Crippen molar-refractivity contribution in [3.8, 4) is 11.5 Å². The molecule has 3 aliphatic heterocycles. The Kier molecular flexibility index (Phi) is 9.30. The molecule has 0 radical (unpaired) electrons. The fourth-order valence-electron chi connectivity index (χ4n) is 7.73. The number of imide groups is 2. The predicted octanol–water partition coefficient (Wildman–Crippen LogP) is 8.72. The Morgan fingerprint density at radius 2 is 1.43 bits per heavy atom. The van der Waals surface area contributed by atoms with Crippen molar-refractivity contribution in [3.63, 3.8) is 0 Å². The van der Waals surface area contributed by atoms with E-state index in [1.165, 1.54) is 36.4 Å². The number of hydrogen-bond donors (Lipinski definition) is 1. The molecule has 3 heterocycles. The molecule has 53 heavy (non-hydrogen) atoms. The van der Waals surface area contributed by atoms with Crippen LogP contribution < -0.4 is 24.6 Å². The molecule has 1 saturated heterocycles. The fourth-order valence-corrected chi connectivity index (χ4v) is 8.30. The zero-order valence-electron chi connectivity index (χ0n) is 28.9. The first-order chi connectivity index (χ1) is 25.8. The Labute approximate surface area is 315 Å². The van der Waals surface area contributed by atoms with Crippen LogP contribution in [-0.2, 0) is 16.2 Å². The number of carbonyl (C=O) groups excluding carboxylic acids is 3. The molecule has 3 aliphatic rings. The number of benzene rings is 5. The van der Waals surface area contributed by atoms with E-state index in [9.17, 15) is 18.8 Å². The van der Waals surface area contributed by atoms with Gasteiger partial charge in [0.15, 0.2) is 11.5 Å². The van der Waals surface area contributed by atoms with Gasteiger partial charge in [-0.3, -0.25) is 14.9 Å². The van der Waals surface area contributed by atoms with E-state index in [1.807, 2.05) is 48.5 Å². The number of nitrogens with zero attached hydrogens (tertiary/aromatic N) is 2. The van der Waals surface area contributed by atoms with Crippen molar-refractivity contribution in [3.05, 3.63) is 158 Å². The molecule has 8 rings (SSSR count). The van der Waals surface area contributed by atoms with Crippen LogP contribution in [-0.4, -0.2) is 38.0 Å². The number of halogens is 2. The minimum absolute atomic E-state index is 0.0591. The largest absolute Gasteiger partial charge is 0.493 e. The maximum atomic E-state index is 14.4. The zero-order chi connectivity index (χ0) is 36.6. The molecule has 0 saturated carbocycles. The molecule has 0 spiro atoms. The molecule has 4 amide bonds. The molecule has 2 atom stereocenters. The van der Waals surface area contributed by atoms with Crippen LogP contribution in [0.3, 0.4) is 0 Å². The first-order valence-electron chi connectivity index (χ1n) is 17.5. The van der Waals surface area contributed by atoms with Gasteiger partial charge in [-0.15, -0.1) is 0 Å². The molecule has 0 bridgehead atoms. The quantitative estimate of drug-likeness (QED) is 0.126. The Hall–Kier alpha value is -5.74. The Morgan fingerprint density at radius 3 is 2.02 bits per heavy atom. The van der Waals surface area contributed by atoms with Gasteiger partial charge in [-0.1, -0.05) is 72.8 Å². The summed E-state index contributed by atoms with van der Waals surface area (Å²) in [6, 6.07) is 33.1. The highest BCUT2D eigenvalue weighted by Gasteiger charge is 2.40. The molecule has 1 N–H and O–H groups in total. The molecule has 10 heteroatoms. The monoisotopic (exact) mass is 771 g/mol. The van der Waals surface area contributed by atoms with Crippen LogP contribution in [0.1, 0.15) is 58.1 Å². The van der Waals surface area contributed by atoms with Gasteiger partial charge in [-0.05, 0) is 105 Å². The van der Waals surface area contributed by atoms with E-state index in [0.29, 0.717) is 27.2 Å². The topological polar surface area (TPSA) is 88.2 Å². The van der Waals surface area contributed by atoms with Crippen molar-refractivity contribution >= 4 is 51.2 Å². The van der Waals surface area contributed by atoms with Gasteiger partial charge in [0.1, 0.15) is 18.0 Å². The van der Waals surface area contributed by atoms with Gasteiger partial charge in [0.25, 0.3) is 11.8 Å². The third-order valence-electron chi connectivity index (χ3n) is 10.2. The number of barbiturate groups is 1. The van der Waals surface area contributed by atoms with E-state index in [4.69, 9.17) is 9.47 Å². The summed E-state index contributed by atoms with van der Waals surface area (Å²) < 4.78 is 25.5. The minimum atomic E-state index is -0.802. The summed E-state index contributed by atoms with van der Waals surface area (Å²) in [6.07, 6.45) is 3.22. The lowest BCUT2D eigenvalue weighted by Gasteiger charge is -2.44. The molecule has 5 aromatic rings. The smallest absolute Gasteiger partial charge is 0.335 e. The maximum Gasteiger partial charge on any atom is 0.335 e. The van der Waals surface area contributed by atoms with Crippen molar-refractivity contribution < 1.29 is 28.2 Å². The fraction of sp³-hybridized carbons (Fsp3) is 0.186. The average molecular weight is 773 g/mol. The van der Waals surface area contributed by atoms with Crippen LogP contribution in [0.2, 0.25) is 0 Å². The van der Waals surface area contributed by atoms with Crippen molar-refractivity contribution in [1.29, 1.82) is 0 Å². The Bertz CT molecular complexity index is 2190. The van der Waals surface area contributed by atoms with Crippen molar-refractivity contribution in [2.45, 2.75) is 31.3 Å². The number of urea groups is 1. The highest BCUT2D eigenvalue weighted by molar-refractivity contribution is 9.10. The SMILES string of the molecule is COc1cc(/C=C2\C(=O)NC(=O)N(c3cc4c5c(c3)[C@H](c3ccccc3)CCN5CC[C@@H]4c3ccccc3)C2=O)cc(Br)c1OCc1ccc(F)cc1. The van der Waals surface area contributed by atoms with E-state index < -0.39 is 17.8 Å². The maximum absolute atomic E-state index is 14.4. The highest BCUT2D eigenvalue weighted by atomic mass is 79.9. The van der Waals surface area contributed by atoms with E-state index >= 15 is 0 Å². The highest BCUT2D eigenvalue weighted by Crippen LogP contribution is 2.50. The number of hydrogen-bond acceptors (Lipinski definition) is 6. The summed E-state index contributed by atoms with van der Waals surface area (Å²) in [5.41, 5.74) is 7.05. The van der Waals surface area contributed by atoms with E-state index in [1.54, 1.807) is 24.3 Å². The molecule has 8 nitrogen and oxygen atoms in total. The molecular formula is C43H35BrFN3O5. The summed E-state index contributed by atoms with van der Waals surface area (Å²) in [7, 11) is 1.48. The number of ether oxygens (including phenoxy) is 2. The molecule has 0 aromatic heterocycles. The van der Waals surface area contributed by atoms with Crippen LogP contribution in [0.25, 0.3) is 6.08 Å². The predicted molar refractivity (Wildman–Crippen MR) is 205 cm³/mol. The van der Waals surface area contributed by atoms with Crippen LogP contribution in [0.5, 0.6) is 11.5 Å². The lowest BCUT2D eigenvalue weighted by molar-refractivity contribution is -0.122. The van der Waals surface area contributed by atoms with E-state index in [0.717, 1.165) is 53.2 Å². The Balaban J connectivity index is 1.18. The van der Waals surface area contributed by atoms with Crippen LogP contribution in [0.4, 0.5) is 20.6 Å². The first-order valence-corrected chi connectivity index (χ1v) is 18.3. The molecular weight excluding hydrogens is 737 g/mol. The van der Waals surface area contributed by atoms with E-state index in [2.05, 4.69) is 50.4 Å². The second kappa shape index (κ2) is 14.4. The van der Waals surface area contributed by atoms with Gasteiger partial charge in [-0.25, -0.2) is 14.1 Å². The van der Waals surface area contributed by atoms with Gasteiger partial charge >= 0.3 is 6.03 Å². The lowest BCUT2D eigenvalue weighted by Crippen LogP contribution is -2.54. The number of methoxy groups -OCH3 is 1. The molecule has 0 unspecified atom stereocenters. The van der Waals surface area contributed by atoms with Gasteiger partial charge in [0.2, 0.25) is 0 Å². The third kappa shape index (κ3) is 6.59. The van der Waals surface area contributed by atoms with Crippen molar-refractivity contribution in [2.24, 2.45) is 0 Å². The molecule has 1 fully saturated rings. The first kappa shape index (κ1) is 34.4. The van der Waals surface area contributed by atoms with Crippen LogP contribution in [0, 0.1) is 5.82 Å². The number of amides is 4. The van der Waals surface area contributed by atoms with Gasteiger partial charge < -0.3 is 14.4 Å². The number of carbonyl (C=O) groups is 3. The summed E-state index contributed by atoms with van der Waals surface area (Å²) in [4.78, 5) is 44.8. The molecule has 5 aromatic carbocycles. The minimum Gasteiger partial charge on any atom is -0.493 e. The standard InChI is InChI=1S/C43H35BrFN3O5/c1-52-38-22-27(21-37(44)40(38)53-25-26-12-14-30(45)15-13-26)20-36-41(49)46-43(51)48(42(36)50)31-23-34-32(28-8-4-2-5-9-28)16-18-47-19-17-33(35(24-31)39(34)47)29-10-6-3-7-11-29/h2-15,20-24,32-33H,16-19,25H2,1H3,(H,46,49,51)/b36-20+/t32-,33+. The second-order valence-electron chi connectivity index (χ2n) is 13.4. The molecule has 266 valence electrons. The normalized spacial score (nSPS) is 18.8. The van der Waals surface area contributed by atoms with Gasteiger partial charge in [0, 0.05) is 30.6 Å². The van der Waals surface area contributed by atoms with Crippen molar-refractivity contribution in [2.75, 3.05) is 30.0 Å². The lowest BCUT2D eigenvalue weighted by atomic mass is 9.76. The number of anilines is 2. The van der Waals surface area contributed by atoms with Gasteiger partial charge in [0.05, 0.1) is 17.3 Å². The van der Waals surface area contributed by atoms with E-state index in [-0.39, 0.29) is 29.8 Å². The third-order valence-corrected chi connectivity index (χ3v) is 10.8.